The molecular formula is C7H6BrClO2. The van der Waals surface area contributed by atoms with Gasteiger partial charge in [0.1, 0.15) is 0 Å². The second-order valence-corrected chi connectivity index (χ2v) is 3.17. The summed E-state index contributed by atoms with van der Waals surface area (Å²) < 4.78 is 5.41. The Hall–Kier alpha value is -0.410. The zero-order valence-corrected chi connectivity index (χ0v) is 8.11. The molecule has 0 atom stereocenters. The summed E-state index contributed by atoms with van der Waals surface area (Å²) in [4.78, 5) is 0. The Morgan fingerprint density at radius 3 is 2.64 bits per heavy atom. The maximum atomic E-state index is 9.32. The topological polar surface area (TPSA) is 29.5 Å². The average Bonchev–Trinajstić information content (AvgIpc) is 1.99. The van der Waals surface area contributed by atoms with E-state index < -0.39 is 0 Å². The van der Waals surface area contributed by atoms with Crippen molar-refractivity contribution in [1.29, 1.82) is 0 Å². The number of phenolic OH excluding ortho intramolecular Hbond substituents is 1. The van der Waals surface area contributed by atoms with Crippen LogP contribution in [0.2, 0.25) is 5.02 Å². The second kappa shape index (κ2) is 3.32. The molecule has 1 N–H and O–H groups in total. The van der Waals surface area contributed by atoms with Gasteiger partial charge < -0.3 is 9.84 Å². The fourth-order valence-corrected chi connectivity index (χ4v) is 1.26. The van der Waals surface area contributed by atoms with Crippen LogP contribution in [-0.2, 0) is 0 Å². The predicted molar refractivity (Wildman–Crippen MR) is 47.4 cm³/mol. The van der Waals surface area contributed by atoms with Crippen LogP contribution >= 0.6 is 27.5 Å². The molecule has 0 bridgehead atoms. The summed E-state index contributed by atoms with van der Waals surface area (Å²) in [6.07, 6.45) is 0. The van der Waals surface area contributed by atoms with E-state index in [1.54, 1.807) is 12.1 Å². The van der Waals surface area contributed by atoms with Gasteiger partial charge in [0.05, 0.1) is 16.6 Å². The first kappa shape index (κ1) is 8.68. The molecule has 1 aromatic rings. The highest BCUT2D eigenvalue weighted by molar-refractivity contribution is 9.10. The monoisotopic (exact) mass is 236 g/mol. The molecule has 0 aliphatic heterocycles. The lowest BCUT2D eigenvalue weighted by atomic mass is 10.3. The van der Waals surface area contributed by atoms with Gasteiger partial charge in [0.2, 0.25) is 0 Å². The highest BCUT2D eigenvalue weighted by Gasteiger charge is 2.09. The van der Waals surface area contributed by atoms with E-state index in [0.29, 0.717) is 15.2 Å². The number of methoxy groups -OCH3 is 1. The first-order valence-corrected chi connectivity index (χ1v) is 4.05. The molecule has 0 fully saturated rings. The summed E-state index contributed by atoms with van der Waals surface area (Å²) in [6, 6.07) is 3.30. The van der Waals surface area contributed by atoms with Crippen LogP contribution in [-0.4, -0.2) is 12.2 Å². The molecule has 60 valence electrons. The molecule has 0 heterocycles. The first-order valence-electron chi connectivity index (χ1n) is 2.87. The summed E-state index contributed by atoms with van der Waals surface area (Å²) in [7, 11) is 1.45. The van der Waals surface area contributed by atoms with Gasteiger partial charge in [-0.3, -0.25) is 0 Å². The van der Waals surface area contributed by atoms with E-state index in [4.69, 9.17) is 16.3 Å². The van der Waals surface area contributed by atoms with Crippen LogP contribution in [0.15, 0.2) is 16.6 Å². The van der Waals surface area contributed by atoms with E-state index in [1.807, 2.05) is 0 Å². The Bertz CT molecular complexity index is 275. The maximum absolute atomic E-state index is 9.32. The van der Waals surface area contributed by atoms with Crippen LogP contribution in [0, 0.1) is 0 Å². The van der Waals surface area contributed by atoms with Crippen LogP contribution in [0.3, 0.4) is 0 Å². The van der Waals surface area contributed by atoms with Crippen molar-refractivity contribution in [3.63, 3.8) is 0 Å². The fraction of sp³-hybridized carbons (Fsp3) is 0.143. The van der Waals surface area contributed by atoms with Crippen LogP contribution in [0.1, 0.15) is 0 Å². The molecule has 1 aromatic carbocycles. The van der Waals surface area contributed by atoms with Crippen molar-refractivity contribution >= 4 is 27.5 Å². The molecule has 0 spiro atoms. The minimum absolute atomic E-state index is 0.0278. The zero-order valence-electron chi connectivity index (χ0n) is 5.77. The minimum atomic E-state index is 0.0278. The molecular weight excluding hydrogens is 231 g/mol. The molecule has 1 rings (SSSR count). The van der Waals surface area contributed by atoms with Crippen LogP contribution in [0.25, 0.3) is 0 Å². The molecule has 0 unspecified atom stereocenters. The third-order valence-corrected chi connectivity index (χ3v) is 2.18. The molecule has 0 saturated carbocycles. The molecule has 4 heteroatoms. The van der Waals surface area contributed by atoms with E-state index >= 15 is 0 Å². The Kier molecular flexibility index (Phi) is 2.62. The molecule has 0 amide bonds. The van der Waals surface area contributed by atoms with Crippen molar-refractivity contribution in [3.8, 4) is 11.5 Å². The van der Waals surface area contributed by atoms with Crippen molar-refractivity contribution in [2.75, 3.05) is 7.11 Å². The number of halogens is 2. The van der Waals surface area contributed by atoms with Gasteiger partial charge in [-0.25, -0.2) is 0 Å². The number of ether oxygens (including phenoxy) is 1. The van der Waals surface area contributed by atoms with Gasteiger partial charge >= 0.3 is 0 Å². The number of rotatable bonds is 1. The Balaban J connectivity index is 3.29. The number of hydrogen-bond donors (Lipinski definition) is 1. The summed E-state index contributed by atoms with van der Waals surface area (Å²) in [5.74, 6) is 0.320. The van der Waals surface area contributed by atoms with Gasteiger partial charge in [0.25, 0.3) is 0 Å². The van der Waals surface area contributed by atoms with E-state index in [-0.39, 0.29) is 5.75 Å². The van der Waals surface area contributed by atoms with Gasteiger partial charge in [-0.05, 0) is 28.1 Å². The van der Waals surface area contributed by atoms with Crippen LogP contribution in [0.5, 0.6) is 11.5 Å². The van der Waals surface area contributed by atoms with Crippen molar-refractivity contribution in [2.24, 2.45) is 0 Å². The Labute approximate surface area is 77.9 Å². The summed E-state index contributed by atoms with van der Waals surface area (Å²) >= 11 is 8.83. The normalized spacial score (nSPS) is 9.73. The van der Waals surface area contributed by atoms with E-state index in [9.17, 15) is 5.11 Å². The fourth-order valence-electron chi connectivity index (χ4n) is 0.717. The molecule has 11 heavy (non-hydrogen) atoms. The lowest BCUT2D eigenvalue weighted by Gasteiger charge is -2.05. The first-order chi connectivity index (χ1) is 5.16. The quantitative estimate of drug-likeness (QED) is 0.814. The lowest BCUT2D eigenvalue weighted by molar-refractivity contribution is 0.372. The molecule has 0 aliphatic rings. The number of benzene rings is 1. The van der Waals surface area contributed by atoms with Crippen molar-refractivity contribution in [3.05, 3.63) is 21.6 Å². The molecule has 0 saturated heterocycles. The Morgan fingerprint density at radius 1 is 1.55 bits per heavy atom. The van der Waals surface area contributed by atoms with E-state index in [2.05, 4.69) is 15.9 Å². The minimum Gasteiger partial charge on any atom is -0.503 e. The van der Waals surface area contributed by atoms with Gasteiger partial charge in [0.15, 0.2) is 11.5 Å². The summed E-state index contributed by atoms with van der Waals surface area (Å²) in [5.41, 5.74) is 0. The standard InChI is InChI=1S/C7H6BrClO2/c1-11-7-5(9)3-2-4(8)6(7)10/h2-3,10H,1H3. The van der Waals surface area contributed by atoms with Gasteiger partial charge in [-0.2, -0.15) is 0 Å². The largest absolute Gasteiger partial charge is 0.503 e. The third kappa shape index (κ3) is 1.60. The molecule has 0 aliphatic carbocycles. The molecule has 2 nitrogen and oxygen atoms in total. The number of phenols is 1. The average molecular weight is 237 g/mol. The maximum Gasteiger partial charge on any atom is 0.180 e. The third-order valence-electron chi connectivity index (χ3n) is 1.24. The Morgan fingerprint density at radius 2 is 2.18 bits per heavy atom. The van der Waals surface area contributed by atoms with E-state index in [1.165, 1.54) is 7.11 Å². The second-order valence-electron chi connectivity index (χ2n) is 1.91. The smallest absolute Gasteiger partial charge is 0.180 e. The van der Waals surface area contributed by atoms with Crippen molar-refractivity contribution in [2.45, 2.75) is 0 Å². The molecule has 0 radical (unpaired) electrons. The SMILES string of the molecule is COc1c(Cl)ccc(Br)c1O. The van der Waals surface area contributed by atoms with Crippen molar-refractivity contribution in [1.82, 2.24) is 0 Å². The van der Waals surface area contributed by atoms with Gasteiger partial charge in [0, 0.05) is 0 Å². The predicted octanol–water partition coefficient (Wildman–Crippen LogP) is 2.82. The summed E-state index contributed by atoms with van der Waals surface area (Å²) in [5, 5.41) is 9.72. The highest BCUT2D eigenvalue weighted by Crippen LogP contribution is 2.39. The van der Waals surface area contributed by atoms with Gasteiger partial charge in [-0.15, -0.1) is 0 Å². The summed E-state index contributed by atoms with van der Waals surface area (Å²) in [6.45, 7) is 0. The van der Waals surface area contributed by atoms with E-state index in [0.717, 1.165) is 0 Å². The lowest BCUT2D eigenvalue weighted by Crippen LogP contribution is -1.84. The molecule has 0 aromatic heterocycles. The van der Waals surface area contributed by atoms with Crippen LogP contribution < -0.4 is 4.74 Å². The number of hydrogen-bond acceptors (Lipinski definition) is 2. The van der Waals surface area contributed by atoms with Crippen molar-refractivity contribution < 1.29 is 9.84 Å². The van der Waals surface area contributed by atoms with Crippen LogP contribution in [0.4, 0.5) is 0 Å². The van der Waals surface area contributed by atoms with Gasteiger partial charge in [-0.1, -0.05) is 11.6 Å². The number of aromatic hydroxyl groups is 1. The zero-order chi connectivity index (χ0) is 8.43. The highest BCUT2D eigenvalue weighted by atomic mass is 79.9.